The maximum absolute atomic E-state index is 12.8. The molecule has 0 amide bonds. The van der Waals surface area contributed by atoms with Crippen LogP contribution >= 0.6 is 0 Å². The van der Waals surface area contributed by atoms with Crippen molar-refractivity contribution in [3.8, 4) is 0 Å². The first-order valence-corrected chi connectivity index (χ1v) is 5.17. The highest BCUT2D eigenvalue weighted by atomic mass is 32.2. The largest absolute Gasteiger partial charge is 0.399 e. The fraction of sp³-hybridized carbons (Fsp3) is 0. The second kappa shape index (κ2) is 3.73. The summed E-state index contributed by atoms with van der Waals surface area (Å²) in [6.07, 6.45) is 0. The summed E-state index contributed by atoms with van der Waals surface area (Å²) in [5.74, 6) is -1.41. The summed E-state index contributed by atoms with van der Waals surface area (Å²) in [7, 11) is -4.09. The molecule has 0 aliphatic rings. The van der Waals surface area contributed by atoms with Crippen LogP contribution in [0.4, 0.5) is 10.1 Å². The van der Waals surface area contributed by atoms with E-state index in [9.17, 15) is 12.8 Å². The van der Waals surface area contributed by atoms with Gasteiger partial charge in [-0.1, -0.05) is 0 Å². The van der Waals surface area contributed by atoms with E-state index in [0.717, 1.165) is 18.2 Å². The van der Waals surface area contributed by atoms with E-state index in [1.807, 2.05) is 0 Å². The summed E-state index contributed by atoms with van der Waals surface area (Å²) >= 11 is 0. The number of guanidine groups is 1. The second-order valence-corrected chi connectivity index (χ2v) is 4.32. The number of sulfonamides is 1. The normalized spacial score (nSPS) is 11.0. The zero-order chi connectivity index (χ0) is 11.6. The molecule has 1 rings (SSSR count). The zero-order valence-corrected chi connectivity index (χ0v) is 8.33. The smallest absolute Gasteiger partial charge is 0.285 e. The minimum atomic E-state index is -4.09. The summed E-state index contributed by atoms with van der Waals surface area (Å²) in [4.78, 5) is -0.395. The summed E-state index contributed by atoms with van der Waals surface area (Å²) in [5.41, 5.74) is 15.1. The molecule has 0 aromatic heterocycles. The van der Waals surface area contributed by atoms with Gasteiger partial charge < -0.3 is 17.2 Å². The van der Waals surface area contributed by atoms with Crippen LogP contribution in [0.2, 0.25) is 0 Å². The van der Waals surface area contributed by atoms with Crippen molar-refractivity contribution in [3.63, 3.8) is 0 Å². The topological polar surface area (TPSA) is 125 Å². The molecule has 82 valence electrons. The van der Waals surface area contributed by atoms with Crippen molar-refractivity contribution in [3.05, 3.63) is 24.0 Å². The molecule has 0 saturated heterocycles. The quantitative estimate of drug-likeness (QED) is 0.355. The van der Waals surface area contributed by atoms with E-state index >= 15 is 0 Å². The molecule has 1 aromatic carbocycles. The van der Waals surface area contributed by atoms with Crippen LogP contribution in [0.25, 0.3) is 0 Å². The molecule has 0 bridgehead atoms. The maximum atomic E-state index is 12.8. The minimum absolute atomic E-state index is 0.0284. The van der Waals surface area contributed by atoms with E-state index in [4.69, 9.17) is 17.2 Å². The van der Waals surface area contributed by atoms with Crippen molar-refractivity contribution < 1.29 is 12.8 Å². The first-order valence-electron chi connectivity index (χ1n) is 3.73. The van der Waals surface area contributed by atoms with E-state index < -0.39 is 26.7 Å². The van der Waals surface area contributed by atoms with Crippen LogP contribution in [-0.2, 0) is 10.0 Å². The van der Waals surface area contributed by atoms with Crippen molar-refractivity contribution in [2.75, 3.05) is 5.73 Å². The zero-order valence-electron chi connectivity index (χ0n) is 7.51. The highest BCUT2D eigenvalue weighted by molar-refractivity contribution is 7.90. The van der Waals surface area contributed by atoms with Gasteiger partial charge in [0, 0.05) is 5.69 Å². The van der Waals surface area contributed by atoms with Gasteiger partial charge in [-0.05, 0) is 18.2 Å². The molecule has 0 spiro atoms. The van der Waals surface area contributed by atoms with E-state index in [2.05, 4.69) is 4.40 Å². The molecular formula is C7H9FN4O2S. The van der Waals surface area contributed by atoms with Gasteiger partial charge in [-0.3, -0.25) is 0 Å². The lowest BCUT2D eigenvalue weighted by Gasteiger charge is -2.01. The van der Waals surface area contributed by atoms with Gasteiger partial charge in [0.1, 0.15) is 5.82 Å². The average molecular weight is 232 g/mol. The molecule has 0 aliphatic heterocycles. The van der Waals surface area contributed by atoms with E-state index in [1.54, 1.807) is 0 Å². The molecule has 6 nitrogen and oxygen atoms in total. The van der Waals surface area contributed by atoms with Gasteiger partial charge in [0.2, 0.25) is 5.96 Å². The standard InChI is InChI=1S/C7H9FN4O2S/c8-4-1-5(9)3-6(2-4)15(13,14)12-7(10)11/h1-3H,9H2,(H4,10,11,12). The predicted molar refractivity (Wildman–Crippen MR) is 53.8 cm³/mol. The highest BCUT2D eigenvalue weighted by Gasteiger charge is 2.14. The fourth-order valence-electron chi connectivity index (χ4n) is 0.925. The molecule has 0 aliphatic carbocycles. The molecule has 0 unspecified atom stereocenters. The minimum Gasteiger partial charge on any atom is -0.399 e. The third-order valence-corrected chi connectivity index (χ3v) is 2.70. The monoisotopic (exact) mass is 232 g/mol. The number of halogens is 1. The van der Waals surface area contributed by atoms with Gasteiger partial charge in [-0.15, -0.1) is 4.40 Å². The van der Waals surface area contributed by atoms with Gasteiger partial charge in [0.15, 0.2) is 0 Å². The Bertz CT molecular complexity index is 487. The molecular weight excluding hydrogens is 223 g/mol. The molecule has 15 heavy (non-hydrogen) atoms. The summed E-state index contributed by atoms with van der Waals surface area (Å²) in [6.45, 7) is 0. The van der Waals surface area contributed by atoms with Crippen molar-refractivity contribution in [2.24, 2.45) is 15.9 Å². The Kier molecular flexibility index (Phi) is 2.80. The Morgan fingerprint density at radius 1 is 1.27 bits per heavy atom. The summed E-state index contributed by atoms with van der Waals surface area (Å²) in [6, 6.07) is 2.82. The summed E-state index contributed by atoms with van der Waals surface area (Å²) in [5, 5.41) is 0. The Hall–Kier alpha value is -1.83. The van der Waals surface area contributed by atoms with Crippen LogP contribution in [0.15, 0.2) is 27.5 Å². The number of rotatable bonds is 2. The Morgan fingerprint density at radius 2 is 1.87 bits per heavy atom. The van der Waals surface area contributed by atoms with Crippen LogP contribution in [0, 0.1) is 5.82 Å². The van der Waals surface area contributed by atoms with Crippen LogP contribution in [0.1, 0.15) is 0 Å². The van der Waals surface area contributed by atoms with Gasteiger partial charge in [-0.25, -0.2) is 4.39 Å². The van der Waals surface area contributed by atoms with Gasteiger partial charge in [-0.2, -0.15) is 8.42 Å². The molecule has 8 heteroatoms. The van der Waals surface area contributed by atoms with Crippen molar-refractivity contribution in [1.82, 2.24) is 0 Å². The molecule has 0 saturated carbocycles. The highest BCUT2D eigenvalue weighted by Crippen LogP contribution is 2.17. The first kappa shape index (κ1) is 11.2. The lowest BCUT2D eigenvalue weighted by atomic mass is 10.3. The summed E-state index contributed by atoms with van der Waals surface area (Å²) < 4.78 is 38.6. The number of anilines is 1. The third-order valence-electron chi connectivity index (χ3n) is 1.42. The number of hydrogen-bond donors (Lipinski definition) is 3. The first-order chi connectivity index (χ1) is 6.81. The molecule has 0 radical (unpaired) electrons. The Balaban J connectivity index is 3.34. The SMILES string of the molecule is NC(N)=NS(=O)(=O)c1cc(N)cc(F)c1. The molecule has 0 heterocycles. The average Bonchev–Trinajstić information content (AvgIpc) is 1.99. The van der Waals surface area contributed by atoms with Crippen molar-refractivity contribution in [1.29, 1.82) is 0 Å². The Labute approximate surface area is 85.6 Å². The van der Waals surface area contributed by atoms with Gasteiger partial charge in [0.05, 0.1) is 4.90 Å². The molecule has 1 aromatic rings. The predicted octanol–water partition coefficient (Wildman–Crippen LogP) is -0.630. The molecule has 0 fully saturated rings. The van der Waals surface area contributed by atoms with Crippen molar-refractivity contribution >= 4 is 21.7 Å². The van der Waals surface area contributed by atoms with Gasteiger partial charge in [0.25, 0.3) is 10.0 Å². The van der Waals surface area contributed by atoms with E-state index in [-0.39, 0.29) is 5.69 Å². The van der Waals surface area contributed by atoms with Crippen LogP contribution in [0.3, 0.4) is 0 Å². The molecule has 6 N–H and O–H groups in total. The number of nitrogens with zero attached hydrogens (tertiary/aromatic N) is 1. The van der Waals surface area contributed by atoms with E-state index in [1.165, 1.54) is 0 Å². The van der Waals surface area contributed by atoms with Crippen LogP contribution in [0.5, 0.6) is 0 Å². The fourth-order valence-corrected chi connectivity index (χ4v) is 1.85. The Morgan fingerprint density at radius 3 is 2.33 bits per heavy atom. The lowest BCUT2D eigenvalue weighted by Crippen LogP contribution is -2.24. The lowest BCUT2D eigenvalue weighted by molar-refractivity contribution is 0.592. The van der Waals surface area contributed by atoms with Crippen LogP contribution in [-0.4, -0.2) is 14.4 Å². The molecule has 0 atom stereocenters. The number of benzene rings is 1. The van der Waals surface area contributed by atoms with Crippen LogP contribution < -0.4 is 17.2 Å². The maximum Gasteiger partial charge on any atom is 0.285 e. The number of hydrogen-bond acceptors (Lipinski definition) is 3. The third kappa shape index (κ3) is 2.81. The number of nitrogen functional groups attached to an aromatic ring is 1. The second-order valence-electron chi connectivity index (χ2n) is 2.71. The van der Waals surface area contributed by atoms with E-state index in [0.29, 0.717) is 0 Å². The van der Waals surface area contributed by atoms with Crippen molar-refractivity contribution in [2.45, 2.75) is 4.90 Å². The van der Waals surface area contributed by atoms with Gasteiger partial charge >= 0.3 is 0 Å². The number of nitrogens with two attached hydrogens (primary N) is 3.